The van der Waals surface area contributed by atoms with E-state index < -0.39 is 0 Å². The van der Waals surface area contributed by atoms with E-state index in [1.54, 1.807) is 24.3 Å². The van der Waals surface area contributed by atoms with Gasteiger partial charge in [0.25, 0.3) is 5.91 Å². The molecule has 110 valence electrons. The molecule has 2 amide bonds. The van der Waals surface area contributed by atoms with Crippen LogP contribution in [-0.4, -0.2) is 24.4 Å². The second-order valence-electron chi connectivity index (χ2n) is 4.87. The average Bonchev–Trinajstić information content (AvgIpc) is 2.43. The molecule has 1 unspecified atom stereocenters. The zero-order valence-corrected chi connectivity index (χ0v) is 12.1. The molecule has 0 fully saturated rings. The summed E-state index contributed by atoms with van der Waals surface area (Å²) in [6.07, 6.45) is 1.84. The second kappa shape index (κ2) is 8.32. The molecule has 0 aliphatic rings. The van der Waals surface area contributed by atoms with E-state index in [1.165, 1.54) is 0 Å². The van der Waals surface area contributed by atoms with Gasteiger partial charge in [-0.05, 0) is 31.9 Å². The molecule has 0 saturated heterocycles. The number of anilines is 1. The molecular formula is C15H23N3O2. The lowest BCUT2D eigenvalue weighted by atomic mass is 10.1. The van der Waals surface area contributed by atoms with Crippen LogP contribution in [0.25, 0.3) is 0 Å². The van der Waals surface area contributed by atoms with Crippen LogP contribution in [-0.2, 0) is 4.79 Å². The van der Waals surface area contributed by atoms with E-state index >= 15 is 0 Å². The Morgan fingerprint density at radius 2 is 2.00 bits per heavy atom. The van der Waals surface area contributed by atoms with Crippen LogP contribution in [0.3, 0.4) is 0 Å². The average molecular weight is 277 g/mol. The maximum Gasteiger partial charge on any atom is 0.253 e. The first-order chi connectivity index (χ1) is 9.54. The molecule has 5 nitrogen and oxygen atoms in total. The van der Waals surface area contributed by atoms with Crippen LogP contribution >= 0.6 is 0 Å². The van der Waals surface area contributed by atoms with Gasteiger partial charge in [-0.15, -0.1) is 0 Å². The third kappa shape index (κ3) is 5.40. The topological polar surface area (TPSA) is 84.2 Å². The summed E-state index contributed by atoms with van der Waals surface area (Å²) in [6.45, 7) is 4.47. The van der Waals surface area contributed by atoms with Crippen LogP contribution < -0.4 is 16.4 Å². The molecule has 4 N–H and O–H groups in total. The lowest BCUT2D eigenvalue weighted by Crippen LogP contribution is -2.26. The first-order valence-corrected chi connectivity index (χ1v) is 6.97. The number of nitrogens with two attached hydrogens (primary N) is 1. The fourth-order valence-electron chi connectivity index (χ4n) is 1.70. The quantitative estimate of drug-likeness (QED) is 0.711. The zero-order valence-electron chi connectivity index (χ0n) is 12.1. The molecule has 0 saturated carbocycles. The zero-order chi connectivity index (χ0) is 15.0. The van der Waals surface area contributed by atoms with Crippen LogP contribution in [0.1, 0.15) is 43.5 Å². The fourth-order valence-corrected chi connectivity index (χ4v) is 1.70. The molecule has 0 radical (unpaired) electrons. The number of para-hydroxylation sites is 1. The van der Waals surface area contributed by atoms with Crippen LogP contribution in [0.2, 0.25) is 0 Å². The van der Waals surface area contributed by atoms with Crippen molar-refractivity contribution >= 4 is 17.5 Å². The van der Waals surface area contributed by atoms with Crippen molar-refractivity contribution in [3.63, 3.8) is 0 Å². The van der Waals surface area contributed by atoms with Crippen molar-refractivity contribution in [1.29, 1.82) is 0 Å². The van der Waals surface area contributed by atoms with E-state index in [9.17, 15) is 9.59 Å². The monoisotopic (exact) mass is 277 g/mol. The van der Waals surface area contributed by atoms with Gasteiger partial charge in [-0.2, -0.15) is 0 Å². The molecule has 0 heterocycles. The molecule has 1 aromatic carbocycles. The number of hydrogen-bond acceptors (Lipinski definition) is 3. The summed E-state index contributed by atoms with van der Waals surface area (Å²) in [7, 11) is 0. The van der Waals surface area contributed by atoms with Gasteiger partial charge in [-0.3, -0.25) is 9.59 Å². The maximum atomic E-state index is 12.0. The Hall–Kier alpha value is -1.88. The Bertz CT molecular complexity index is 458. The largest absolute Gasteiger partial charge is 0.352 e. The van der Waals surface area contributed by atoms with Crippen LogP contribution in [0, 0.1) is 0 Å². The summed E-state index contributed by atoms with van der Waals surface area (Å²) < 4.78 is 0. The van der Waals surface area contributed by atoms with Crippen LogP contribution in [0.4, 0.5) is 5.69 Å². The van der Waals surface area contributed by atoms with E-state index in [-0.39, 0.29) is 17.9 Å². The Morgan fingerprint density at radius 1 is 1.30 bits per heavy atom. The molecule has 0 bridgehead atoms. The Labute approximate surface area is 119 Å². The summed E-state index contributed by atoms with van der Waals surface area (Å²) in [6, 6.07) is 6.98. The van der Waals surface area contributed by atoms with Crippen molar-refractivity contribution in [2.24, 2.45) is 5.73 Å². The third-order valence-corrected chi connectivity index (χ3v) is 2.81. The highest BCUT2D eigenvalue weighted by Crippen LogP contribution is 2.15. The summed E-state index contributed by atoms with van der Waals surface area (Å²) in [5.41, 5.74) is 6.64. The van der Waals surface area contributed by atoms with Gasteiger partial charge in [0.2, 0.25) is 5.91 Å². The predicted octanol–water partition coefficient (Wildman–Crippen LogP) is 1.89. The number of carbonyl (C=O) groups excluding carboxylic acids is 2. The summed E-state index contributed by atoms with van der Waals surface area (Å²) >= 11 is 0. The maximum absolute atomic E-state index is 12.0. The van der Waals surface area contributed by atoms with Gasteiger partial charge in [0, 0.05) is 19.0 Å². The standard InChI is InChI=1S/C15H23N3O2/c1-3-10-17-15(20)12-6-4-5-7-13(12)18-14(19)9-8-11(2)16/h4-7,11H,3,8-10,16H2,1-2H3,(H,17,20)(H,18,19). The van der Waals surface area contributed by atoms with Crippen molar-refractivity contribution in [2.45, 2.75) is 39.2 Å². The highest BCUT2D eigenvalue weighted by atomic mass is 16.2. The fraction of sp³-hybridized carbons (Fsp3) is 0.467. The molecule has 0 aliphatic carbocycles. The number of nitrogens with one attached hydrogen (secondary N) is 2. The summed E-state index contributed by atoms with van der Waals surface area (Å²) in [5.74, 6) is -0.298. The molecule has 1 rings (SSSR count). The van der Waals surface area contributed by atoms with Crippen LogP contribution in [0.5, 0.6) is 0 Å². The number of amides is 2. The molecular weight excluding hydrogens is 254 g/mol. The third-order valence-electron chi connectivity index (χ3n) is 2.81. The van der Waals surface area contributed by atoms with Crippen molar-refractivity contribution in [3.8, 4) is 0 Å². The summed E-state index contributed by atoms with van der Waals surface area (Å²) in [4.78, 5) is 23.8. The van der Waals surface area contributed by atoms with Crippen molar-refractivity contribution in [3.05, 3.63) is 29.8 Å². The van der Waals surface area contributed by atoms with Gasteiger partial charge in [-0.1, -0.05) is 19.1 Å². The number of rotatable bonds is 7. The first kappa shape index (κ1) is 16.2. The predicted molar refractivity (Wildman–Crippen MR) is 80.6 cm³/mol. The van der Waals surface area contributed by atoms with Gasteiger partial charge in [0.15, 0.2) is 0 Å². The normalized spacial score (nSPS) is 11.8. The van der Waals surface area contributed by atoms with Gasteiger partial charge < -0.3 is 16.4 Å². The second-order valence-corrected chi connectivity index (χ2v) is 4.87. The van der Waals surface area contributed by atoms with Gasteiger partial charge >= 0.3 is 0 Å². The van der Waals surface area contributed by atoms with Gasteiger partial charge in [0.1, 0.15) is 0 Å². The SMILES string of the molecule is CCCNC(=O)c1ccccc1NC(=O)CCC(C)N. The Kier molecular flexibility index (Phi) is 6.73. The van der Waals surface area contributed by atoms with E-state index in [0.29, 0.717) is 30.6 Å². The number of benzene rings is 1. The molecule has 0 aliphatic heterocycles. The Morgan fingerprint density at radius 3 is 2.65 bits per heavy atom. The Balaban J connectivity index is 2.70. The van der Waals surface area contributed by atoms with Crippen molar-refractivity contribution in [2.75, 3.05) is 11.9 Å². The van der Waals surface area contributed by atoms with E-state index in [0.717, 1.165) is 6.42 Å². The number of hydrogen-bond donors (Lipinski definition) is 3. The van der Waals surface area contributed by atoms with Gasteiger partial charge in [0.05, 0.1) is 11.3 Å². The smallest absolute Gasteiger partial charge is 0.253 e. The van der Waals surface area contributed by atoms with E-state index in [1.807, 2.05) is 13.8 Å². The minimum Gasteiger partial charge on any atom is -0.352 e. The molecule has 0 spiro atoms. The minimum atomic E-state index is -0.171. The van der Waals surface area contributed by atoms with Crippen molar-refractivity contribution < 1.29 is 9.59 Å². The van der Waals surface area contributed by atoms with Crippen molar-refractivity contribution in [1.82, 2.24) is 5.32 Å². The first-order valence-electron chi connectivity index (χ1n) is 6.97. The molecule has 0 aromatic heterocycles. The van der Waals surface area contributed by atoms with Gasteiger partial charge in [-0.25, -0.2) is 0 Å². The molecule has 1 aromatic rings. The minimum absolute atomic E-state index is 0.0103. The van der Waals surface area contributed by atoms with Crippen LogP contribution in [0.15, 0.2) is 24.3 Å². The molecule has 1 atom stereocenters. The molecule has 20 heavy (non-hydrogen) atoms. The highest BCUT2D eigenvalue weighted by Gasteiger charge is 2.12. The highest BCUT2D eigenvalue weighted by molar-refractivity contribution is 6.03. The lowest BCUT2D eigenvalue weighted by molar-refractivity contribution is -0.116. The lowest BCUT2D eigenvalue weighted by Gasteiger charge is -2.11. The van der Waals surface area contributed by atoms with E-state index in [2.05, 4.69) is 10.6 Å². The van der Waals surface area contributed by atoms with E-state index in [4.69, 9.17) is 5.73 Å². The summed E-state index contributed by atoms with van der Waals surface area (Å²) in [5, 5.41) is 5.57. The molecule has 5 heteroatoms. The number of carbonyl (C=O) groups is 2.